The van der Waals surface area contributed by atoms with Gasteiger partial charge in [-0.2, -0.15) is 8.78 Å². The number of carbonyl (C=O) groups excluding carboxylic acids is 2. The van der Waals surface area contributed by atoms with Gasteiger partial charge in [0.05, 0.1) is 18.7 Å². The Kier molecular flexibility index (Phi) is 4.98. The lowest BCUT2D eigenvalue weighted by Gasteiger charge is -2.48. The number of rotatable bonds is 3. The normalized spacial score (nSPS) is 22.1. The van der Waals surface area contributed by atoms with Crippen LogP contribution in [0, 0.1) is 0 Å². The van der Waals surface area contributed by atoms with Gasteiger partial charge in [-0.3, -0.25) is 9.59 Å². The Morgan fingerprint density at radius 1 is 1.19 bits per heavy atom. The van der Waals surface area contributed by atoms with E-state index >= 15 is 0 Å². The second kappa shape index (κ2) is 6.92. The predicted molar refractivity (Wildman–Crippen MR) is 91.9 cm³/mol. The fourth-order valence-electron chi connectivity index (χ4n) is 3.48. The molecule has 1 spiro atoms. The van der Waals surface area contributed by atoms with Gasteiger partial charge in [0.2, 0.25) is 5.91 Å². The second-order valence-corrected chi connectivity index (χ2v) is 7.15. The lowest BCUT2D eigenvalue weighted by atomic mass is 9.88. The average molecular weight is 367 g/mol. The number of alkyl halides is 2. The Balaban J connectivity index is 1.76. The molecule has 2 heterocycles. The van der Waals surface area contributed by atoms with Crippen LogP contribution < -0.4 is 4.90 Å². The fourth-order valence-corrected chi connectivity index (χ4v) is 3.48. The van der Waals surface area contributed by atoms with Gasteiger partial charge < -0.3 is 19.4 Å². The molecule has 2 aliphatic heterocycles. The van der Waals surface area contributed by atoms with Crippen LogP contribution in [-0.2, 0) is 14.3 Å². The van der Waals surface area contributed by atoms with Crippen LogP contribution in [0.15, 0.2) is 30.3 Å². The minimum Gasteiger partial charge on any atom is -0.341 e. The SMILES string of the molecule is CN(C)CC(=O)N1CCC2(CC1)CN(c1ccccc1)C(=O)C(F)(F)O2. The summed E-state index contributed by atoms with van der Waals surface area (Å²) in [6, 6.07) is 8.42. The maximum Gasteiger partial charge on any atom is 0.437 e. The van der Waals surface area contributed by atoms with Crippen molar-refractivity contribution in [2.24, 2.45) is 0 Å². The number of nitrogens with zero attached hydrogens (tertiary/aromatic N) is 3. The third-order valence-electron chi connectivity index (χ3n) is 4.83. The molecule has 0 aromatic heterocycles. The number of hydrogen-bond acceptors (Lipinski definition) is 4. The first kappa shape index (κ1) is 18.7. The van der Waals surface area contributed by atoms with Crippen molar-refractivity contribution in [3.63, 3.8) is 0 Å². The van der Waals surface area contributed by atoms with Gasteiger partial charge in [0.25, 0.3) is 0 Å². The number of piperidine rings is 1. The molecule has 1 aromatic rings. The van der Waals surface area contributed by atoms with Gasteiger partial charge in [-0.1, -0.05) is 18.2 Å². The summed E-state index contributed by atoms with van der Waals surface area (Å²) < 4.78 is 33.6. The van der Waals surface area contributed by atoms with Crippen LogP contribution in [0.25, 0.3) is 0 Å². The van der Waals surface area contributed by atoms with E-state index in [1.54, 1.807) is 54.2 Å². The number of carbonyl (C=O) groups is 2. The van der Waals surface area contributed by atoms with Crippen molar-refractivity contribution in [1.82, 2.24) is 9.80 Å². The van der Waals surface area contributed by atoms with Crippen LogP contribution in [0.1, 0.15) is 12.8 Å². The Bertz CT molecular complexity index is 674. The first-order valence-corrected chi connectivity index (χ1v) is 8.60. The highest BCUT2D eigenvalue weighted by Crippen LogP contribution is 2.40. The first-order valence-electron chi connectivity index (χ1n) is 8.60. The molecule has 0 saturated carbocycles. The van der Waals surface area contributed by atoms with Gasteiger partial charge in [-0.25, -0.2) is 0 Å². The van der Waals surface area contributed by atoms with Gasteiger partial charge in [0.1, 0.15) is 0 Å². The van der Waals surface area contributed by atoms with Crippen LogP contribution in [0.4, 0.5) is 14.5 Å². The predicted octanol–water partition coefficient (Wildman–Crippen LogP) is 1.57. The number of ether oxygens (including phenoxy) is 1. The molecule has 1 aromatic carbocycles. The van der Waals surface area contributed by atoms with Crippen LogP contribution in [0.2, 0.25) is 0 Å². The lowest BCUT2D eigenvalue weighted by molar-refractivity contribution is -0.292. The van der Waals surface area contributed by atoms with Gasteiger partial charge in [0, 0.05) is 18.8 Å². The molecule has 0 atom stereocenters. The molecule has 8 heteroatoms. The molecular formula is C18H23F2N3O3. The van der Waals surface area contributed by atoms with E-state index in [0.29, 0.717) is 18.8 Å². The molecule has 0 bridgehead atoms. The second-order valence-electron chi connectivity index (χ2n) is 7.15. The summed E-state index contributed by atoms with van der Waals surface area (Å²) in [4.78, 5) is 28.9. The van der Waals surface area contributed by atoms with E-state index in [2.05, 4.69) is 0 Å². The number of amides is 2. The van der Waals surface area contributed by atoms with Crippen molar-refractivity contribution < 1.29 is 23.1 Å². The molecule has 6 nitrogen and oxygen atoms in total. The monoisotopic (exact) mass is 367 g/mol. The quantitative estimate of drug-likeness (QED) is 0.814. The van der Waals surface area contributed by atoms with E-state index in [1.165, 1.54) is 0 Å². The summed E-state index contributed by atoms with van der Waals surface area (Å²) in [5.41, 5.74) is -0.728. The smallest absolute Gasteiger partial charge is 0.341 e. The van der Waals surface area contributed by atoms with E-state index in [1.807, 2.05) is 0 Å². The third-order valence-corrected chi connectivity index (χ3v) is 4.83. The van der Waals surface area contributed by atoms with E-state index in [9.17, 15) is 18.4 Å². The topological polar surface area (TPSA) is 53.1 Å². The molecular weight excluding hydrogens is 344 g/mol. The summed E-state index contributed by atoms with van der Waals surface area (Å²) in [7, 11) is 3.61. The van der Waals surface area contributed by atoms with Crippen molar-refractivity contribution in [2.45, 2.75) is 24.6 Å². The Labute approximate surface area is 151 Å². The van der Waals surface area contributed by atoms with Crippen LogP contribution in [-0.4, -0.2) is 73.6 Å². The number of halogens is 2. The lowest BCUT2D eigenvalue weighted by Crippen LogP contribution is -2.65. The number of morpholine rings is 1. The molecule has 2 aliphatic rings. The molecule has 3 rings (SSSR count). The van der Waals surface area contributed by atoms with E-state index in [0.717, 1.165) is 4.90 Å². The maximum absolute atomic E-state index is 14.3. The Morgan fingerprint density at radius 2 is 1.81 bits per heavy atom. The van der Waals surface area contributed by atoms with E-state index in [-0.39, 0.29) is 31.8 Å². The van der Waals surface area contributed by atoms with Gasteiger partial charge in [-0.15, -0.1) is 0 Å². The molecule has 0 N–H and O–H groups in total. The maximum atomic E-state index is 14.3. The van der Waals surface area contributed by atoms with Crippen molar-refractivity contribution in [1.29, 1.82) is 0 Å². The molecule has 0 radical (unpaired) electrons. The zero-order valence-electron chi connectivity index (χ0n) is 15.0. The molecule has 2 fully saturated rings. The highest BCUT2D eigenvalue weighted by molar-refractivity contribution is 5.98. The van der Waals surface area contributed by atoms with Crippen molar-refractivity contribution in [3.05, 3.63) is 30.3 Å². The summed E-state index contributed by atoms with van der Waals surface area (Å²) in [6.45, 7) is 0.999. The number of anilines is 1. The summed E-state index contributed by atoms with van der Waals surface area (Å²) >= 11 is 0. The molecule has 0 unspecified atom stereocenters. The molecule has 2 saturated heterocycles. The molecule has 142 valence electrons. The van der Waals surface area contributed by atoms with Crippen molar-refractivity contribution in [3.8, 4) is 0 Å². The highest BCUT2D eigenvalue weighted by atomic mass is 19.3. The molecule has 2 amide bonds. The minimum atomic E-state index is -3.87. The standard InChI is InChI=1S/C18H23F2N3O3/c1-21(2)12-15(24)22-10-8-17(9-11-22)13-23(14-6-4-3-5-7-14)16(25)18(19,20)26-17/h3-7H,8-13H2,1-2H3. The van der Waals surface area contributed by atoms with E-state index < -0.39 is 17.6 Å². The van der Waals surface area contributed by atoms with Crippen LogP contribution in [0.3, 0.4) is 0 Å². The number of benzene rings is 1. The fraction of sp³-hybridized carbons (Fsp3) is 0.556. The largest absolute Gasteiger partial charge is 0.437 e. The van der Waals surface area contributed by atoms with Crippen LogP contribution >= 0.6 is 0 Å². The summed E-state index contributed by atoms with van der Waals surface area (Å²) in [5.74, 6) is -1.39. The summed E-state index contributed by atoms with van der Waals surface area (Å²) in [5, 5.41) is 0. The number of likely N-dealkylation sites (N-methyl/N-ethyl adjacent to an activating group) is 1. The number of para-hydroxylation sites is 1. The van der Waals surface area contributed by atoms with Crippen LogP contribution in [0.5, 0.6) is 0 Å². The minimum absolute atomic E-state index is 0.0385. The average Bonchev–Trinajstić information content (AvgIpc) is 2.58. The summed E-state index contributed by atoms with van der Waals surface area (Å²) in [6.07, 6.45) is -3.35. The van der Waals surface area contributed by atoms with Gasteiger partial charge in [-0.05, 0) is 39.1 Å². The Morgan fingerprint density at radius 3 is 2.38 bits per heavy atom. The highest BCUT2D eigenvalue weighted by Gasteiger charge is 2.57. The van der Waals surface area contributed by atoms with E-state index in [4.69, 9.17) is 4.74 Å². The van der Waals surface area contributed by atoms with Crippen molar-refractivity contribution >= 4 is 17.5 Å². The first-order chi connectivity index (χ1) is 12.2. The third kappa shape index (κ3) is 3.71. The van der Waals surface area contributed by atoms with Gasteiger partial charge in [0.15, 0.2) is 0 Å². The Hall–Kier alpha value is -2.06. The zero-order valence-corrected chi connectivity index (χ0v) is 15.0. The number of likely N-dealkylation sites (tertiary alicyclic amines) is 1. The zero-order chi connectivity index (χ0) is 18.9. The molecule has 26 heavy (non-hydrogen) atoms. The number of hydrogen-bond donors (Lipinski definition) is 0. The molecule has 0 aliphatic carbocycles. The van der Waals surface area contributed by atoms with Crippen molar-refractivity contribution in [2.75, 3.05) is 45.2 Å². The van der Waals surface area contributed by atoms with Gasteiger partial charge >= 0.3 is 12.0 Å².